The lowest BCUT2D eigenvalue weighted by Crippen LogP contribution is -2.34. The summed E-state index contributed by atoms with van der Waals surface area (Å²) in [5, 5.41) is 8.64. The molecule has 0 aliphatic rings. The van der Waals surface area contributed by atoms with Crippen LogP contribution in [0.5, 0.6) is 0 Å². The van der Waals surface area contributed by atoms with Gasteiger partial charge in [0.2, 0.25) is 0 Å². The van der Waals surface area contributed by atoms with Gasteiger partial charge in [0, 0.05) is 12.3 Å². The minimum absolute atomic E-state index is 0.177. The number of pyridine rings is 1. The molecule has 59 valence electrons. The number of rotatable bonds is 3. The highest BCUT2D eigenvalue weighted by molar-refractivity contribution is 8.00. The molecule has 0 amide bonds. The lowest BCUT2D eigenvalue weighted by Gasteiger charge is -1.94. The zero-order valence-electron chi connectivity index (χ0n) is 6.23. The van der Waals surface area contributed by atoms with Crippen LogP contribution in [-0.4, -0.2) is 11.7 Å². The zero-order valence-corrected chi connectivity index (χ0v) is 7.05. The third-order valence-corrected chi connectivity index (χ3v) is 1.93. The van der Waals surface area contributed by atoms with Crippen molar-refractivity contribution in [3.05, 3.63) is 30.8 Å². The number of nitrogens with zero attached hydrogens (tertiary/aromatic N) is 1. The molecule has 0 saturated heterocycles. The first-order valence-corrected chi connectivity index (χ1v) is 4.37. The van der Waals surface area contributed by atoms with E-state index in [1.54, 1.807) is 0 Å². The largest absolute Gasteiger partial charge is 0.390 e. The van der Waals surface area contributed by atoms with E-state index in [0.717, 1.165) is 4.90 Å². The fraction of sp³-hybridized carbons (Fsp3) is 0.250. The maximum atomic E-state index is 8.64. The second-order valence-corrected chi connectivity index (χ2v) is 2.91. The van der Waals surface area contributed by atoms with Crippen molar-refractivity contribution in [1.29, 1.82) is 0 Å². The summed E-state index contributed by atoms with van der Waals surface area (Å²) in [6, 6.07) is 3.94. The predicted octanol–water partition coefficient (Wildman–Crippen LogP) is 0.850. The van der Waals surface area contributed by atoms with Crippen LogP contribution in [0.1, 0.15) is 0 Å². The van der Waals surface area contributed by atoms with E-state index in [1.807, 2.05) is 29.1 Å². The maximum absolute atomic E-state index is 8.64. The van der Waals surface area contributed by atoms with Crippen molar-refractivity contribution in [3.63, 3.8) is 0 Å². The van der Waals surface area contributed by atoms with E-state index >= 15 is 0 Å². The molecule has 1 heterocycles. The fourth-order valence-corrected chi connectivity index (χ4v) is 1.22. The average Bonchev–Trinajstić information content (AvgIpc) is 2.06. The molecule has 0 atom stereocenters. The molecule has 0 aromatic carbocycles. The summed E-state index contributed by atoms with van der Waals surface area (Å²) in [6.45, 7) is 0.824. The smallest absolute Gasteiger partial charge is 0.182 e. The van der Waals surface area contributed by atoms with Gasteiger partial charge in [-0.2, -0.15) is 0 Å². The minimum Gasteiger partial charge on any atom is -0.390 e. The van der Waals surface area contributed by atoms with Crippen LogP contribution in [-0.2, 0) is 6.54 Å². The Hall–Kier alpha value is -0.540. The van der Waals surface area contributed by atoms with Crippen molar-refractivity contribution >= 4 is 11.8 Å². The zero-order chi connectivity index (χ0) is 8.10. The maximum Gasteiger partial charge on any atom is 0.182 e. The molecule has 1 aromatic heterocycles. The van der Waals surface area contributed by atoms with Gasteiger partial charge in [0.1, 0.15) is 6.61 Å². The summed E-state index contributed by atoms with van der Waals surface area (Å²) in [7, 11) is 0. The first kappa shape index (κ1) is 8.56. The summed E-state index contributed by atoms with van der Waals surface area (Å²) < 4.78 is 1.94. The number of hydrogen-bond donors (Lipinski definition) is 1. The molecular formula is C8H11NOS+. The molecule has 0 saturated carbocycles. The molecule has 2 nitrogen and oxygen atoms in total. The molecule has 1 rings (SSSR count). The van der Waals surface area contributed by atoms with Gasteiger partial charge in [0.15, 0.2) is 18.9 Å². The van der Waals surface area contributed by atoms with Crippen molar-refractivity contribution in [2.24, 2.45) is 0 Å². The van der Waals surface area contributed by atoms with Gasteiger partial charge in [-0.15, -0.1) is 11.8 Å². The van der Waals surface area contributed by atoms with Crippen LogP contribution in [0, 0.1) is 6.26 Å². The average molecular weight is 169 g/mol. The highest BCUT2D eigenvalue weighted by Gasteiger charge is 1.99. The second kappa shape index (κ2) is 4.36. The molecule has 0 aliphatic carbocycles. The Kier molecular flexibility index (Phi) is 3.39. The van der Waals surface area contributed by atoms with E-state index in [2.05, 4.69) is 6.26 Å². The quantitative estimate of drug-likeness (QED) is 0.536. The summed E-state index contributed by atoms with van der Waals surface area (Å²) in [6.07, 6.45) is 7.59. The molecule has 0 fully saturated rings. The molecule has 0 unspecified atom stereocenters. The van der Waals surface area contributed by atoms with Gasteiger partial charge >= 0.3 is 0 Å². The summed E-state index contributed by atoms with van der Waals surface area (Å²) >= 11 is 1.46. The van der Waals surface area contributed by atoms with Crippen molar-refractivity contribution < 1.29 is 9.67 Å². The lowest BCUT2D eigenvalue weighted by atomic mass is 10.5. The van der Waals surface area contributed by atoms with Crippen LogP contribution < -0.4 is 4.57 Å². The van der Waals surface area contributed by atoms with Gasteiger partial charge in [0.05, 0.1) is 4.90 Å². The Labute approximate surface area is 70.9 Å². The monoisotopic (exact) mass is 169 g/mol. The second-order valence-electron chi connectivity index (χ2n) is 2.15. The van der Waals surface area contributed by atoms with Crippen molar-refractivity contribution in [2.75, 3.05) is 6.61 Å². The van der Waals surface area contributed by atoms with E-state index in [4.69, 9.17) is 5.11 Å². The van der Waals surface area contributed by atoms with Crippen molar-refractivity contribution in [2.45, 2.75) is 11.4 Å². The third-order valence-electron chi connectivity index (χ3n) is 1.36. The van der Waals surface area contributed by atoms with E-state index in [1.165, 1.54) is 11.8 Å². The van der Waals surface area contributed by atoms with Gasteiger partial charge in [-0.25, -0.2) is 4.57 Å². The number of thioether (sulfide) groups is 1. The first-order chi connectivity index (χ1) is 5.36. The van der Waals surface area contributed by atoms with Gasteiger partial charge in [0.25, 0.3) is 0 Å². The van der Waals surface area contributed by atoms with Crippen LogP contribution in [0.2, 0.25) is 0 Å². The number of hydrogen-bond acceptors (Lipinski definition) is 2. The number of aliphatic hydroxyl groups excluding tert-OH is 1. The number of aliphatic hydroxyl groups is 1. The number of aromatic nitrogens is 1. The lowest BCUT2D eigenvalue weighted by molar-refractivity contribution is -0.699. The van der Waals surface area contributed by atoms with Gasteiger partial charge in [-0.3, -0.25) is 0 Å². The van der Waals surface area contributed by atoms with Crippen LogP contribution in [0.25, 0.3) is 0 Å². The van der Waals surface area contributed by atoms with Gasteiger partial charge in [-0.05, 0) is 6.07 Å². The van der Waals surface area contributed by atoms with Gasteiger partial charge in [-0.1, -0.05) is 0 Å². The standard InChI is InChI=1S/C8H11NOS/c1-11-8-3-2-4-9(7-8)5-6-10/h2-4,7,10H,1,5-6H2/q+1. The van der Waals surface area contributed by atoms with Crippen LogP contribution in [0.3, 0.4) is 0 Å². The molecule has 0 bridgehead atoms. The Balaban J connectivity index is 2.74. The van der Waals surface area contributed by atoms with E-state index < -0.39 is 0 Å². The molecule has 1 radical (unpaired) electrons. The minimum atomic E-state index is 0.177. The van der Waals surface area contributed by atoms with Crippen LogP contribution >= 0.6 is 11.8 Å². The molecule has 0 aliphatic heterocycles. The van der Waals surface area contributed by atoms with E-state index in [-0.39, 0.29) is 6.61 Å². The third kappa shape index (κ3) is 2.52. The Morgan fingerprint density at radius 2 is 2.45 bits per heavy atom. The first-order valence-electron chi connectivity index (χ1n) is 3.39. The Morgan fingerprint density at radius 3 is 3.09 bits per heavy atom. The summed E-state index contributed by atoms with van der Waals surface area (Å²) in [5.74, 6) is 0. The summed E-state index contributed by atoms with van der Waals surface area (Å²) in [5.41, 5.74) is 0. The molecule has 11 heavy (non-hydrogen) atoms. The van der Waals surface area contributed by atoms with Crippen LogP contribution in [0.15, 0.2) is 29.4 Å². The normalized spacial score (nSPS) is 10.0. The van der Waals surface area contributed by atoms with Crippen molar-refractivity contribution in [1.82, 2.24) is 0 Å². The highest BCUT2D eigenvalue weighted by Crippen LogP contribution is 2.11. The summed E-state index contributed by atoms with van der Waals surface area (Å²) in [4.78, 5) is 1.11. The van der Waals surface area contributed by atoms with E-state index in [0.29, 0.717) is 6.54 Å². The topological polar surface area (TPSA) is 24.1 Å². The molecule has 1 N–H and O–H groups in total. The highest BCUT2D eigenvalue weighted by atomic mass is 32.2. The van der Waals surface area contributed by atoms with Crippen molar-refractivity contribution in [3.8, 4) is 0 Å². The van der Waals surface area contributed by atoms with E-state index in [9.17, 15) is 0 Å². The Morgan fingerprint density at radius 1 is 1.64 bits per heavy atom. The molecule has 1 aromatic rings. The molecular weight excluding hydrogens is 158 g/mol. The van der Waals surface area contributed by atoms with Gasteiger partial charge < -0.3 is 5.11 Å². The molecule has 0 spiro atoms. The molecule has 3 heteroatoms. The van der Waals surface area contributed by atoms with Crippen LogP contribution in [0.4, 0.5) is 0 Å². The predicted molar refractivity (Wildman–Crippen MR) is 44.9 cm³/mol. The SMILES string of the molecule is [CH2]Sc1ccc[n+](CCO)c1. The Bertz CT molecular complexity index is 227. The fourth-order valence-electron chi connectivity index (χ4n) is 0.838.